The highest BCUT2D eigenvalue weighted by atomic mass is 35.5. The predicted molar refractivity (Wildman–Crippen MR) is 84.0 cm³/mol. The standard InChI is InChI=1S/C16H19ClF2N2O3/c1-15(2,3)24-14(23)21-11-6-9(7-11)13(22)16(18,19)12-8-10(17)4-5-20-12/h4-5,8-9,11H,6-7H2,1-3H3,(H,21,23). The molecule has 0 radical (unpaired) electrons. The SMILES string of the molecule is CC(C)(C)OC(=O)NC1CC(C(=O)C(F)(F)c2cc(Cl)ccn2)C1. The van der Waals surface area contributed by atoms with Crippen molar-refractivity contribution >= 4 is 23.5 Å². The molecule has 0 bridgehead atoms. The second-order valence-electron chi connectivity index (χ2n) is 6.81. The maximum Gasteiger partial charge on any atom is 0.407 e. The average molecular weight is 361 g/mol. The maximum atomic E-state index is 14.2. The minimum absolute atomic E-state index is 0.0885. The number of ketones is 1. The van der Waals surface area contributed by atoms with Crippen molar-refractivity contribution in [3.8, 4) is 0 Å². The topological polar surface area (TPSA) is 68.3 Å². The van der Waals surface area contributed by atoms with E-state index in [9.17, 15) is 18.4 Å². The zero-order chi connectivity index (χ0) is 18.1. The van der Waals surface area contributed by atoms with Crippen LogP contribution in [-0.2, 0) is 15.5 Å². The summed E-state index contributed by atoms with van der Waals surface area (Å²) in [5.41, 5.74) is -1.31. The van der Waals surface area contributed by atoms with E-state index in [0.717, 1.165) is 12.3 Å². The summed E-state index contributed by atoms with van der Waals surface area (Å²) in [7, 11) is 0. The molecule has 0 atom stereocenters. The number of amides is 1. The van der Waals surface area contributed by atoms with Crippen molar-refractivity contribution in [1.29, 1.82) is 0 Å². The predicted octanol–water partition coefficient (Wildman–Crippen LogP) is 3.70. The third-order valence-electron chi connectivity index (χ3n) is 3.58. The number of hydrogen-bond donors (Lipinski definition) is 1. The summed E-state index contributed by atoms with van der Waals surface area (Å²) in [6.07, 6.45) is 0.802. The zero-order valence-corrected chi connectivity index (χ0v) is 14.4. The van der Waals surface area contributed by atoms with Gasteiger partial charge in [0, 0.05) is 23.2 Å². The number of alkyl halides is 2. The van der Waals surface area contributed by atoms with Crippen molar-refractivity contribution in [2.45, 2.75) is 51.2 Å². The lowest BCUT2D eigenvalue weighted by atomic mass is 9.75. The Bertz CT molecular complexity index is 640. The molecular weight excluding hydrogens is 342 g/mol. The van der Waals surface area contributed by atoms with Crippen LogP contribution in [0.3, 0.4) is 0 Å². The van der Waals surface area contributed by atoms with Crippen molar-refractivity contribution in [3.63, 3.8) is 0 Å². The number of hydrogen-bond acceptors (Lipinski definition) is 4. The summed E-state index contributed by atoms with van der Waals surface area (Å²) in [6.45, 7) is 5.16. The molecule has 2 rings (SSSR count). The lowest BCUT2D eigenvalue weighted by Crippen LogP contribution is -2.50. The maximum absolute atomic E-state index is 14.2. The van der Waals surface area contributed by atoms with E-state index in [1.165, 1.54) is 6.07 Å². The minimum atomic E-state index is -3.70. The molecule has 1 heterocycles. The third kappa shape index (κ3) is 4.41. The van der Waals surface area contributed by atoms with Gasteiger partial charge in [-0.1, -0.05) is 11.6 Å². The van der Waals surface area contributed by atoms with E-state index in [2.05, 4.69) is 10.3 Å². The van der Waals surface area contributed by atoms with Crippen molar-refractivity contribution in [2.75, 3.05) is 0 Å². The first-order valence-electron chi connectivity index (χ1n) is 7.52. The van der Waals surface area contributed by atoms with Crippen LogP contribution in [0.25, 0.3) is 0 Å². The summed E-state index contributed by atoms with van der Waals surface area (Å²) in [5.74, 6) is -5.74. The van der Waals surface area contributed by atoms with Gasteiger partial charge >= 0.3 is 12.0 Å². The van der Waals surface area contributed by atoms with E-state index in [0.29, 0.717) is 0 Å². The largest absolute Gasteiger partial charge is 0.444 e. The van der Waals surface area contributed by atoms with Gasteiger partial charge in [-0.15, -0.1) is 0 Å². The Balaban J connectivity index is 1.91. The highest BCUT2D eigenvalue weighted by Crippen LogP contribution is 2.38. The van der Waals surface area contributed by atoms with Gasteiger partial charge in [-0.25, -0.2) is 4.79 Å². The second kappa shape index (κ2) is 6.63. The summed E-state index contributed by atoms with van der Waals surface area (Å²) < 4.78 is 33.5. The molecule has 1 saturated carbocycles. The van der Waals surface area contributed by atoms with Crippen molar-refractivity contribution in [3.05, 3.63) is 29.0 Å². The number of aromatic nitrogens is 1. The van der Waals surface area contributed by atoms with Crippen LogP contribution in [0.1, 0.15) is 39.3 Å². The van der Waals surface area contributed by atoms with E-state index >= 15 is 0 Å². The Morgan fingerprint density at radius 1 is 1.33 bits per heavy atom. The number of rotatable bonds is 4. The molecule has 0 spiro atoms. The highest BCUT2D eigenvalue weighted by molar-refractivity contribution is 6.30. The molecule has 1 aliphatic rings. The Labute approximate surface area is 143 Å². The average Bonchev–Trinajstić information content (AvgIpc) is 2.39. The molecule has 24 heavy (non-hydrogen) atoms. The molecule has 1 aromatic rings. The van der Waals surface area contributed by atoms with Gasteiger partial charge in [-0.2, -0.15) is 8.78 Å². The quantitative estimate of drug-likeness (QED) is 0.889. The lowest BCUT2D eigenvalue weighted by molar-refractivity contribution is -0.153. The Morgan fingerprint density at radius 2 is 1.96 bits per heavy atom. The van der Waals surface area contributed by atoms with Gasteiger partial charge in [0.05, 0.1) is 0 Å². The van der Waals surface area contributed by atoms with Gasteiger partial charge in [-0.3, -0.25) is 9.78 Å². The first-order valence-corrected chi connectivity index (χ1v) is 7.90. The van der Waals surface area contributed by atoms with Gasteiger partial charge < -0.3 is 10.1 Å². The summed E-state index contributed by atoms with van der Waals surface area (Å²) >= 11 is 5.67. The molecule has 0 aliphatic heterocycles. The highest BCUT2D eigenvalue weighted by Gasteiger charge is 2.50. The first-order chi connectivity index (χ1) is 11.0. The van der Waals surface area contributed by atoms with Crippen LogP contribution in [0, 0.1) is 5.92 Å². The van der Waals surface area contributed by atoms with E-state index in [-0.39, 0.29) is 23.9 Å². The number of nitrogens with zero attached hydrogens (tertiary/aromatic N) is 1. The van der Waals surface area contributed by atoms with Gasteiger partial charge in [0.2, 0.25) is 5.78 Å². The van der Waals surface area contributed by atoms with Crippen molar-refractivity contribution < 1.29 is 23.1 Å². The molecular formula is C16H19ClF2N2O3. The van der Waals surface area contributed by atoms with Gasteiger partial charge in [0.15, 0.2) is 0 Å². The minimum Gasteiger partial charge on any atom is -0.444 e. The number of ether oxygens (including phenoxy) is 1. The molecule has 1 N–H and O–H groups in total. The van der Waals surface area contributed by atoms with Crippen LogP contribution in [-0.4, -0.2) is 28.5 Å². The zero-order valence-electron chi connectivity index (χ0n) is 13.6. The van der Waals surface area contributed by atoms with Crippen LogP contribution >= 0.6 is 11.6 Å². The first kappa shape index (κ1) is 18.6. The summed E-state index contributed by atoms with van der Waals surface area (Å²) in [6, 6.07) is 1.99. The number of Topliss-reactive ketones (excluding diaryl/α,β-unsaturated/α-hetero) is 1. The fourth-order valence-electron chi connectivity index (χ4n) is 2.38. The van der Waals surface area contributed by atoms with Gasteiger partial charge in [0.1, 0.15) is 11.3 Å². The molecule has 1 amide bonds. The van der Waals surface area contributed by atoms with E-state index in [1.807, 2.05) is 0 Å². The van der Waals surface area contributed by atoms with Crippen molar-refractivity contribution in [2.24, 2.45) is 5.92 Å². The summed E-state index contributed by atoms with van der Waals surface area (Å²) in [5, 5.41) is 2.65. The molecule has 1 fully saturated rings. The van der Waals surface area contributed by atoms with Crippen LogP contribution in [0.5, 0.6) is 0 Å². The van der Waals surface area contributed by atoms with E-state index < -0.39 is 35.0 Å². The smallest absolute Gasteiger partial charge is 0.407 e. The molecule has 0 unspecified atom stereocenters. The normalized spacial score (nSPS) is 20.9. The fourth-order valence-corrected chi connectivity index (χ4v) is 2.54. The number of pyridine rings is 1. The Morgan fingerprint density at radius 3 is 2.50 bits per heavy atom. The lowest BCUT2D eigenvalue weighted by Gasteiger charge is -2.36. The molecule has 0 aromatic carbocycles. The molecule has 132 valence electrons. The number of alkyl carbamates (subject to hydrolysis) is 1. The number of carbonyl (C=O) groups is 2. The molecule has 0 saturated heterocycles. The fraction of sp³-hybridized carbons (Fsp3) is 0.562. The second-order valence-corrected chi connectivity index (χ2v) is 7.25. The monoisotopic (exact) mass is 360 g/mol. The number of nitrogens with one attached hydrogen (secondary N) is 1. The molecule has 8 heteroatoms. The van der Waals surface area contributed by atoms with Crippen LogP contribution in [0.2, 0.25) is 5.02 Å². The van der Waals surface area contributed by atoms with E-state index in [1.54, 1.807) is 20.8 Å². The van der Waals surface area contributed by atoms with Gasteiger partial charge in [0.25, 0.3) is 0 Å². The summed E-state index contributed by atoms with van der Waals surface area (Å²) in [4.78, 5) is 27.2. The van der Waals surface area contributed by atoms with Crippen LogP contribution in [0.4, 0.5) is 13.6 Å². The number of halogens is 3. The van der Waals surface area contributed by atoms with Gasteiger partial charge in [-0.05, 0) is 45.7 Å². The molecule has 5 nitrogen and oxygen atoms in total. The van der Waals surface area contributed by atoms with Crippen LogP contribution < -0.4 is 5.32 Å². The third-order valence-corrected chi connectivity index (χ3v) is 3.82. The van der Waals surface area contributed by atoms with E-state index in [4.69, 9.17) is 16.3 Å². The Kier molecular flexibility index (Phi) is 5.13. The molecule has 1 aliphatic carbocycles. The Hall–Kier alpha value is -1.76. The number of carbonyl (C=O) groups excluding carboxylic acids is 2. The molecule has 1 aromatic heterocycles. The van der Waals surface area contributed by atoms with Crippen molar-refractivity contribution in [1.82, 2.24) is 10.3 Å². The van der Waals surface area contributed by atoms with Crippen LogP contribution in [0.15, 0.2) is 18.3 Å².